The molecule has 0 aliphatic rings. The monoisotopic (exact) mass is 245 g/mol. The van der Waals surface area contributed by atoms with E-state index in [4.69, 9.17) is 5.73 Å². The largest absolute Gasteiger partial charge is 0.397 e. The molecule has 6 heteroatoms. The molecule has 0 spiro atoms. The summed E-state index contributed by atoms with van der Waals surface area (Å²) >= 11 is 0. The maximum absolute atomic E-state index is 11.7. The zero-order valence-electron chi connectivity index (χ0n) is 10.1. The van der Waals surface area contributed by atoms with Crippen molar-refractivity contribution in [3.05, 3.63) is 42.0 Å². The molecule has 0 saturated carbocycles. The Kier molecular flexibility index (Phi) is 3.57. The van der Waals surface area contributed by atoms with Crippen LogP contribution in [0.1, 0.15) is 16.2 Å². The van der Waals surface area contributed by atoms with Crippen LogP contribution < -0.4 is 11.1 Å². The van der Waals surface area contributed by atoms with Crippen molar-refractivity contribution < 1.29 is 4.79 Å². The molecule has 0 radical (unpaired) electrons. The highest BCUT2D eigenvalue weighted by Gasteiger charge is 2.06. The normalized spacial score (nSPS) is 10.3. The molecule has 0 unspecified atom stereocenters. The van der Waals surface area contributed by atoms with Gasteiger partial charge in [-0.2, -0.15) is 5.10 Å². The molecule has 0 aromatic carbocycles. The molecular weight excluding hydrogens is 230 g/mol. The van der Waals surface area contributed by atoms with Crippen LogP contribution in [0.25, 0.3) is 0 Å². The van der Waals surface area contributed by atoms with Gasteiger partial charge in [0.05, 0.1) is 11.9 Å². The van der Waals surface area contributed by atoms with Crippen LogP contribution in [0.15, 0.2) is 30.6 Å². The molecule has 0 aliphatic carbocycles. The van der Waals surface area contributed by atoms with E-state index in [0.717, 1.165) is 12.1 Å². The number of anilines is 1. The van der Waals surface area contributed by atoms with E-state index < -0.39 is 0 Å². The Bertz CT molecular complexity index is 532. The number of nitrogen functional groups attached to an aromatic ring is 1. The molecule has 2 heterocycles. The van der Waals surface area contributed by atoms with E-state index in [9.17, 15) is 4.79 Å². The Morgan fingerprint density at radius 2 is 2.28 bits per heavy atom. The number of nitrogens with two attached hydrogens (primary N) is 1. The van der Waals surface area contributed by atoms with Gasteiger partial charge in [0.15, 0.2) is 0 Å². The summed E-state index contributed by atoms with van der Waals surface area (Å²) < 4.78 is 1.79. The molecule has 1 amide bonds. The zero-order valence-corrected chi connectivity index (χ0v) is 10.1. The summed E-state index contributed by atoms with van der Waals surface area (Å²) in [5.74, 6) is -0.197. The molecule has 2 aromatic heterocycles. The number of nitrogens with zero attached hydrogens (tertiary/aromatic N) is 3. The first-order valence-corrected chi connectivity index (χ1v) is 5.63. The van der Waals surface area contributed by atoms with Crippen LogP contribution in [0.4, 0.5) is 5.69 Å². The summed E-state index contributed by atoms with van der Waals surface area (Å²) in [4.78, 5) is 15.7. The first-order valence-electron chi connectivity index (χ1n) is 5.63. The van der Waals surface area contributed by atoms with Gasteiger partial charge < -0.3 is 11.1 Å². The molecule has 0 bridgehead atoms. The molecule has 0 saturated heterocycles. The van der Waals surface area contributed by atoms with Crippen LogP contribution in [0.5, 0.6) is 0 Å². The van der Waals surface area contributed by atoms with Gasteiger partial charge in [-0.25, -0.2) is 4.98 Å². The topological polar surface area (TPSA) is 85.8 Å². The van der Waals surface area contributed by atoms with E-state index in [-0.39, 0.29) is 5.91 Å². The van der Waals surface area contributed by atoms with E-state index in [1.807, 2.05) is 13.1 Å². The Morgan fingerprint density at radius 1 is 1.44 bits per heavy atom. The number of aromatic nitrogens is 3. The minimum Gasteiger partial charge on any atom is -0.397 e. The van der Waals surface area contributed by atoms with Gasteiger partial charge >= 0.3 is 0 Å². The SMILES string of the molecule is Cn1nccc1CCNC(=O)c1ccc(N)cn1. The van der Waals surface area contributed by atoms with Crippen molar-refractivity contribution in [2.24, 2.45) is 7.05 Å². The summed E-state index contributed by atoms with van der Waals surface area (Å²) in [5, 5.41) is 6.86. The minimum atomic E-state index is -0.197. The fourth-order valence-electron chi connectivity index (χ4n) is 1.58. The lowest BCUT2D eigenvalue weighted by Gasteiger charge is -2.05. The number of pyridine rings is 1. The quantitative estimate of drug-likeness (QED) is 0.814. The molecule has 18 heavy (non-hydrogen) atoms. The second-order valence-electron chi connectivity index (χ2n) is 3.93. The van der Waals surface area contributed by atoms with Crippen molar-refractivity contribution in [2.45, 2.75) is 6.42 Å². The Morgan fingerprint density at radius 3 is 2.89 bits per heavy atom. The van der Waals surface area contributed by atoms with Crippen molar-refractivity contribution in [1.82, 2.24) is 20.1 Å². The van der Waals surface area contributed by atoms with E-state index in [0.29, 0.717) is 17.9 Å². The van der Waals surface area contributed by atoms with E-state index in [2.05, 4.69) is 15.4 Å². The van der Waals surface area contributed by atoms with Crippen LogP contribution in [0.3, 0.4) is 0 Å². The van der Waals surface area contributed by atoms with Crippen molar-refractivity contribution in [3.8, 4) is 0 Å². The molecule has 0 fully saturated rings. The van der Waals surface area contributed by atoms with Gasteiger partial charge in [-0.15, -0.1) is 0 Å². The van der Waals surface area contributed by atoms with Crippen LogP contribution in [-0.2, 0) is 13.5 Å². The number of hydrogen-bond acceptors (Lipinski definition) is 4. The first-order chi connectivity index (χ1) is 8.66. The van der Waals surface area contributed by atoms with Gasteiger partial charge in [0.2, 0.25) is 0 Å². The second kappa shape index (κ2) is 5.31. The average Bonchev–Trinajstić information content (AvgIpc) is 2.76. The lowest BCUT2D eigenvalue weighted by molar-refractivity contribution is 0.0949. The van der Waals surface area contributed by atoms with Crippen LogP contribution >= 0.6 is 0 Å². The van der Waals surface area contributed by atoms with Gasteiger partial charge in [-0.1, -0.05) is 0 Å². The number of nitrogens with one attached hydrogen (secondary N) is 1. The van der Waals surface area contributed by atoms with Crippen molar-refractivity contribution in [1.29, 1.82) is 0 Å². The number of rotatable bonds is 4. The average molecular weight is 245 g/mol. The Balaban J connectivity index is 1.85. The summed E-state index contributed by atoms with van der Waals surface area (Å²) in [6, 6.07) is 5.19. The molecule has 3 N–H and O–H groups in total. The molecule has 6 nitrogen and oxygen atoms in total. The highest BCUT2D eigenvalue weighted by molar-refractivity contribution is 5.92. The van der Waals surface area contributed by atoms with Crippen LogP contribution in [0, 0.1) is 0 Å². The van der Waals surface area contributed by atoms with E-state index >= 15 is 0 Å². The maximum Gasteiger partial charge on any atom is 0.269 e. The van der Waals surface area contributed by atoms with E-state index in [1.165, 1.54) is 6.20 Å². The van der Waals surface area contributed by atoms with E-state index in [1.54, 1.807) is 23.0 Å². The van der Waals surface area contributed by atoms with Gasteiger partial charge in [-0.3, -0.25) is 9.48 Å². The van der Waals surface area contributed by atoms with Crippen molar-refractivity contribution in [2.75, 3.05) is 12.3 Å². The lowest BCUT2D eigenvalue weighted by atomic mass is 10.3. The lowest BCUT2D eigenvalue weighted by Crippen LogP contribution is -2.27. The zero-order chi connectivity index (χ0) is 13.0. The van der Waals surface area contributed by atoms with Crippen LogP contribution in [-0.4, -0.2) is 27.2 Å². The molecule has 94 valence electrons. The maximum atomic E-state index is 11.7. The standard InChI is InChI=1S/C12H15N5O/c1-17-10(5-7-16-17)4-6-14-12(18)11-3-2-9(13)8-15-11/h2-3,5,7-8H,4,6,13H2,1H3,(H,14,18). The van der Waals surface area contributed by atoms with Crippen molar-refractivity contribution in [3.63, 3.8) is 0 Å². The fraction of sp³-hybridized carbons (Fsp3) is 0.250. The molecule has 2 aromatic rings. The predicted octanol–water partition coefficient (Wildman–Crippen LogP) is 0.370. The summed E-state index contributed by atoms with van der Waals surface area (Å²) in [6.45, 7) is 0.546. The fourth-order valence-corrected chi connectivity index (χ4v) is 1.58. The van der Waals surface area contributed by atoms with Gasteiger partial charge in [0, 0.05) is 31.9 Å². The van der Waals surface area contributed by atoms with Gasteiger partial charge in [0.1, 0.15) is 5.69 Å². The molecular formula is C12H15N5O. The third-order valence-electron chi connectivity index (χ3n) is 2.61. The smallest absolute Gasteiger partial charge is 0.269 e. The number of hydrogen-bond donors (Lipinski definition) is 2. The number of aryl methyl sites for hydroxylation is 1. The third-order valence-corrected chi connectivity index (χ3v) is 2.61. The highest BCUT2D eigenvalue weighted by Crippen LogP contribution is 2.01. The summed E-state index contributed by atoms with van der Waals surface area (Å²) in [6.07, 6.45) is 3.94. The van der Waals surface area contributed by atoms with Crippen LogP contribution in [0.2, 0.25) is 0 Å². The second-order valence-corrected chi connectivity index (χ2v) is 3.93. The molecule has 0 atom stereocenters. The van der Waals surface area contributed by atoms with Crippen molar-refractivity contribution >= 4 is 11.6 Å². The minimum absolute atomic E-state index is 0.197. The number of amides is 1. The Labute approximate surface area is 105 Å². The summed E-state index contributed by atoms with van der Waals surface area (Å²) in [7, 11) is 1.87. The van der Waals surface area contributed by atoms with Gasteiger partial charge in [0.25, 0.3) is 5.91 Å². The third kappa shape index (κ3) is 2.85. The van der Waals surface area contributed by atoms with Gasteiger partial charge in [-0.05, 0) is 18.2 Å². The predicted molar refractivity (Wildman–Crippen MR) is 67.9 cm³/mol. The number of carbonyl (C=O) groups is 1. The number of carbonyl (C=O) groups excluding carboxylic acids is 1. The first kappa shape index (κ1) is 12.1. The Hall–Kier alpha value is -2.37. The summed E-state index contributed by atoms with van der Waals surface area (Å²) in [5.41, 5.74) is 7.49. The molecule has 0 aliphatic heterocycles. The highest BCUT2D eigenvalue weighted by atomic mass is 16.1. The molecule has 2 rings (SSSR count).